The molecule has 0 spiro atoms. The first-order chi connectivity index (χ1) is 9.13. The van der Waals surface area contributed by atoms with Crippen LogP contribution in [0.2, 0.25) is 5.02 Å². The van der Waals surface area contributed by atoms with Gasteiger partial charge < -0.3 is 4.74 Å². The van der Waals surface area contributed by atoms with Gasteiger partial charge in [-0.1, -0.05) is 39.7 Å². The Balaban J connectivity index is 2.31. The molecular weight excluding hydrogens is 326 g/mol. The molecule has 0 aromatic heterocycles. The Hall–Kier alpha value is -1.50. The number of alkyl halides is 1. The summed E-state index contributed by atoms with van der Waals surface area (Å²) in [5.41, 5.74) is 2.56. The van der Waals surface area contributed by atoms with Crippen molar-refractivity contribution in [2.45, 2.75) is 12.3 Å². The molecule has 2 rings (SSSR count). The quantitative estimate of drug-likeness (QED) is 0.721. The lowest BCUT2D eigenvalue weighted by atomic mass is 10.1. The normalized spacial score (nSPS) is 10.0. The van der Waals surface area contributed by atoms with Crippen LogP contribution in [-0.2, 0) is 5.33 Å². The lowest BCUT2D eigenvalue weighted by molar-refractivity contribution is 0.478. The van der Waals surface area contributed by atoms with E-state index in [1.807, 2.05) is 25.1 Å². The Kier molecular flexibility index (Phi) is 4.47. The molecule has 0 N–H and O–H groups in total. The van der Waals surface area contributed by atoms with Crippen LogP contribution in [0.3, 0.4) is 0 Å². The molecule has 0 radical (unpaired) electrons. The fourth-order valence-corrected chi connectivity index (χ4v) is 2.49. The van der Waals surface area contributed by atoms with E-state index in [-0.39, 0.29) is 0 Å². The van der Waals surface area contributed by atoms with Gasteiger partial charge in [0.1, 0.15) is 11.5 Å². The fraction of sp³-hybridized carbons (Fsp3) is 0.133. The van der Waals surface area contributed by atoms with Crippen LogP contribution in [0.4, 0.5) is 0 Å². The first-order valence-corrected chi connectivity index (χ1v) is 7.17. The average molecular weight is 337 g/mol. The molecule has 2 aromatic rings. The van der Waals surface area contributed by atoms with E-state index in [9.17, 15) is 0 Å². The maximum absolute atomic E-state index is 8.90. The highest BCUT2D eigenvalue weighted by Gasteiger charge is 2.06. The van der Waals surface area contributed by atoms with Crippen molar-refractivity contribution in [3.8, 4) is 17.6 Å². The van der Waals surface area contributed by atoms with Crippen LogP contribution in [0.5, 0.6) is 11.5 Å². The summed E-state index contributed by atoms with van der Waals surface area (Å²) in [6, 6.07) is 13.0. The third-order valence-electron chi connectivity index (χ3n) is 2.71. The topological polar surface area (TPSA) is 33.0 Å². The number of rotatable bonds is 3. The highest BCUT2D eigenvalue weighted by molar-refractivity contribution is 9.08. The van der Waals surface area contributed by atoms with Gasteiger partial charge in [-0.05, 0) is 42.3 Å². The zero-order valence-corrected chi connectivity index (χ0v) is 12.6. The summed E-state index contributed by atoms with van der Waals surface area (Å²) >= 11 is 9.50. The third kappa shape index (κ3) is 3.28. The van der Waals surface area contributed by atoms with E-state index >= 15 is 0 Å². The van der Waals surface area contributed by atoms with E-state index in [0.29, 0.717) is 27.4 Å². The Morgan fingerprint density at radius 1 is 1.26 bits per heavy atom. The van der Waals surface area contributed by atoms with Crippen LogP contribution in [-0.4, -0.2) is 0 Å². The molecule has 2 nitrogen and oxygen atoms in total. The smallest absolute Gasteiger partial charge is 0.131 e. The molecule has 0 unspecified atom stereocenters. The number of benzene rings is 2. The molecule has 0 amide bonds. The summed E-state index contributed by atoms with van der Waals surface area (Å²) in [5, 5.41) is 10.3. The minimum absolute atomic E-state index is 0.573. The Morgan fingerprint density at radius 3 is 2.68 bits per heavy atom. The molecule has 96 valence electrons. The molecule has 0 saturated heterocycles. The Bertz CT molecular complexity index is 649. The van der Waals surface area contributed by atoms with Crippen LogP contribution in [0, 0.1) is 18.3 Å². The predicted octanol–water partition coefficient (Wildman–Crippen LogP) is 5.21. The van der Waals surface area contributed by atoms with E-state index in [1.54, 1.807) is 18.2 Å². The molecule has 0 saturated carbocycles. The van der Waals surface area contributed by atoms with Gasteiger partial charge in [-0.3, -0.25) is 0 Å². The van der Waals surface area contributed by atoms with Crippen molar-refractivity contribution in [1.82, 2.24) is 0 Å². The molecule has 0 fully saturated rings. The number of nitrogens with zero attached hydrogens (tertiary/aromatic N) is 1. The zero-order chi connectivity index (χ0) is 13.8. The average Bonchev–Trinajstić information content (AvgIpc) is 2.41. The van der Waals surface area contributed by atoms with Crippen LogP contribution >= 0.6 is 27.5 Å². The first kappa shape index (κ1) is 13.9. The largest absolute Gasteiger partial charge is 0.457 e. The summed E-state index contributed by atoms with van der Waals surface area (Å²) in [7, 11) is 0. The monoisotopic (exact) mass is 335 g/mol. The van der Waals surface area contributed by atoms with Crippen LogP contribution < -0.4 is 4.74 Å². The minimum atomic E-state index is 0.573. The fourth-order valence-electron chi connectivity index (χ4n) is 1.61. The molecule has 19 heavy (non-hydrogen) atoms. The third-order valence-corrected chi connectivity index (χ3v) is 3.67. The van der Waals surface area contributed by atoms with Gasteiger partial charge in [0, 0.05) is 10.4 Å². The van der Waals surface area contributed by atoms with Gasteiger partial charge in [0.25, 0.3) is 0 Å². The molecular formula is C15H11BrClNO. The van der Waals surface area contributed by atoms with E-state index < -0.39 is 0 Å². The van der Waals surface area contributed by atoms with E-state index in [1.165, 1.54) is 0 Å². The van der Waals surface area contributed by atoms with Crippen molar-refractivity contribution in [1.29, 1.82) is 5.26 Å². The van der Waals surface area contributed by atoms with Crippen molar-refractivity contribution in [3.63, 3.8) is 0 Å². The number of hydrogen-bond acceptors (Lipinski definition) is 2. The molecule has 0 aliphatic rings. The van der Waals surface area contributed by atoms with Crippen molar-refractivity contribution in [3.05, 3.63) is 58.1 Å². The molecule has 0 atom stereocenters. The van der Waals surface area contributed by atoms with Crippen molar-refractivity contribution in [2.75, 3.05) is 0 Å². The second-order valence-corrected chi connectivity index (χ2v) is 5.05. The number of nitriles is 1. The zero-order valence-electron chi connectivity index (χ0n) is 10.3. The summed E-state index contributed by atoms with van der Waals surface area (Å²) in [6.07, 6.45) is 0. The summed E-state index contributed by atoms with van der Waals surface area (Å²) < 4.78 is 5.78. The predicted molar refractivity (Wildman–Crippen MR) is 80.1 cm³/mol. The first-order valence-electron chi connectivity index (χ1n) is 5.67. The van der Waals surface area contributed by atoms with Crippen LogP contribution in [0.15, 0.2) is 36.4 Å². The molecule has 0 aliphatic heterocycles. The van der Waals surface area contributed by atoms with E-state index in [0.717, 1.165) is 11.1 Å². The number of ether oxygens (including phenoxy) is 1. The Morgan fingerprint density at radius 2 is 2.05 bits per heavy atom. The van der Waals surface area contributed by atoms with Crippen LogP contribution in [0.25, 0.3) is 0 Å². The molecule has 0 aliphatic carbocycles. The molecule has 2 aromatic carbocycles. The minimum Gasteiger partial charge on any atom is -0.457 e. The molecule has 0 bridgehead atoms. The highest BCUT2D eigenvalue weighted by atomic mass is 79.9. The second kappa shape index (κ2) is 6.10. The van der Waals surface area contributed by atoms with Gasteiger partial charge in [0.15, 0.2) is 0 Å². The summed E-state index contributed by atoms with van der Waals surface area (Å²) in [6.45, 7) is 1.94. The Labute approximate surface area is 125 Å². The second-order valence-electron chi connectivity index (χ2n) is 4.08. The number of halogens is 2. The standard InChI is InChI=1S/C15H11BrClNO/c1-10-2-3-11(9-18)6-15(10)19-13-5-4-12(8-16)14(17)7-13/h2-7H,8H2,1H3. The lowest BCUT2D eigenvalue weighted by Crippen LogP contribution is -1.90. The maximum Gasteiger partial charge on any atom is 0.131 e. The van der Waals surface area contributed by atoms with Gasteiger partial charge in [0.05, 0.1) is 11.6 Å². The summed E-state index contributed by atoms with van der Waals surface area (Å²) in [5.74, 6) is 1.33. The van der Waals surface area contributed by atoms with Gasteiger partial charge in [0.2, 0.25) is 0 Å². The van der Waals surface area contributed by atoms with Crippen molar-refractivity contribution < 1.29 is 4.74 Å². The number of aryl methyl sites for hydroxylation is 1. The van der Waals surface area contributed by atoms with Crippen molar-refractivity contribution >= 4 is 27.5 Å². The SMILES string of the molecule is Cc1ccc(C#N)cc1Oc1ccc(CBr)c(Cl)c1. The van der Waals surface area contributed by atoms with E-state index in [2.05, 4.69) is 22.0 Å². The lowest BCUT2D eigenvalue weighted by Gasteiger charge is -2.10. The maximum atomic E-state index is 8.90. The summed E-state index contributed by atoms with van der Waals surface area (Å²) in [4.78, 5) is 0. The van der Waals surface area contributed by atoms with Crippen molar-refractivity contribution in [2.24, 2.45) is 0 Å². The van der Waals surface area contributed by atoms with Gasteiger partial charge in [-0.15, -0.1) is 0 Å². The highest BCUT2D eigenvalue weighted by Crippen LogP contribution is 2.30. The van der Waals surface area contributed by atoms with Gasteiger partial charge in [-0.25, -0.2) is 0 Å². The molecule has 0 heterocycles. The molecule has 4 heteroatoms. The van der Waals surface area contributed by atoms with Gasteiger partial charge >= 0.3 is 0 Å². The van der Waals surface area contributed by atoms with Gasteiger partial charge in [-0.2, -0.15) is 5.26 Å². The number of hydrogen-bond donors (Lipinski definition) is 0. The van der Waals surface area contributed by atoms with E-state index in [4.69, 9.17) is 21.6 Å². The van der Waals surface area contributed by atoms with Crippen LogP contribution in [0.1, 0.15) is 16.7 Å².